The minimum absolute atomic E-state index is 0.153. The number of carbonyl (C=O) groups excluding carboxylic acids is 1. The number of amides is 1. The highest BCUT2D eigenvalue weighted by Crippen LogP contribution is 2.37. The molecule has 2 saturated heterocycles. The number of piperidine rings is 2. The third-order valence-electron chi connectivity index (χ3n) is 5.73. The average Bonchev–Trinajstić information content (AvgIpc) is 2.63. The van der Waals surface area contributed by atoms with Crippen LogP contribution in [0.1, 0.15) is 30.4 Å². The van der Waals surface area contributed by atoms with Crippen LogP contribution in [0.15, 0.2) is 24.3 Å². The molecule has 0 saturated carbocycles. The van der Waals surface area contributed by atoms with Crippen molar-refractivity contribution in [3.05, 3.63) is 35.4 Å². The molecule has 1 aromatic carbocycles. The van der Waals surface area contributed by atoms with E-state index in [1.807, 2.05) is 11.9 Å². The van der Waals surface area contributed by atoms with Gasteiger partial charge in [-0.25, -0.2) is 0 Å². The summed E-state index contributed by atoms with van der Waals surface area (Å²) in [5.74, 6) is -0.649. The van der Waals surface area contributed by atoms with E-state index in [-0.39, 0.29) is 37.4 Å². The van der Waals surface area contributed by atoms with Gasteiger partial charge in [-0.05, 0) is 44.0 Å². The van der Waals surface area contributed by atoms with Gasteiger partial charge in [0.1, 0.15) is 0 Å². The number of carbonyl (C=O) groups is 1. The van der Waals surface area contributed by atoms with Gasteiger partial charge in [0.25, 0.3) is 0 Å². The van der Waals surface area contributed by atoms with Crippen molar-refractivity contribution in [1.29, 1.82) is 0 Å². The first-order chi connectivity index (χ1) is 12.6. The van der Waals surface area contributed by atoms with Crippen LogP contribution < -0.4 is 0 Å². The molecule has 0 aliphatic carbocycles. The summed E-state index contributed by atoms with van der Waals surface area (Å²) in [6.45, 7) is 1.71. The first-order valence-electron chi connectivity index (χ1n) is 9.16. The molecule has 150 valence electrons. The van der Waals surface area contributed by atoms with Crippen LogP contribution in [0.4, 0.5) is 13.2 Å². The van der Waals surface area contributed by atoms with Gasteiger partial charge < -0.3 is 20.0 Å². The van der Waals surface area contributed by atoms with Crippen LogP contribution in [0.3, 0.4) is 0 Å². The fourth-order valence-electron chi connectivity index (χ4n) is 3.95. The zero-order valence-corrected chi connectivity index (χ0v) is 15.2. The number of likely N-dealkylation sites (tertiary alicyclic amines) is 2. The lowest BCUT2D eigenvalue weighted by Gasteiger charge is -2.42. The number of alkyl halides is 3. The zero-order valence-electron chi connectivity index (χ0n) is 15.2. The lowest BCUT2D eigenvalue weighted by Crippen LogP contribution is -2.53. The maximum atomic E-state index is 12.9. The van der Waals surface area contributed by atoms with Gasteiger partial charge in [-0.2, -0.15) is 13.2 Å². The summed E-state index contributed by atoms with van der Waals surface area (Å²) in [6, 6.07) is 4.75. The normalized spacial score (nSPS) is 26.8. The monoisotopic (exact) mass is 386 g/mol. The summed E-state index contributed by atoms with van der Waals surface area (Å²) >= 11 is 0. The smallest absolute Gasteiger partial charge is 0.392 e. The number of rotatable bonds is 2. The minimum atomic E-state index is -4.47. The standard InChI is InChI=1S/C19H25F3N2O3/c1-23-8-5-16(25)15(12-23)17(26)24-9-6-18(27,7-10-24)13-3-2-4-14(11-13)19(20,21)22/h2-4,11,15-16,25,27H,5-10,12H2,1H3/t15-,16-/m1/s1. The number of aliphatic hydroxyl groups excluding tert-OH is 1. The molecule has 0 spiro atoms. The Hall–Kier alpha value is -1.64. The van der Waals surface area contributed by atoms with Crippen molar-refractivity contribution in [2.75, 3.05) is 33.2 Å². The fraction of sp³-hybridized carbons (Fsp3) is 0.632. The van der Waals surface area contributed by atoms with Crippen LogP contribution in [-0.2, 0) is 16.6 Å². The Morgan fingerprint density at radius 2 is 1.89 bits per heavy atom. The quantitative estimate of drug-likeness (QED) is 0.814. The Morgan fingerprint density at radius 3 is 2.52 bits per heavy atom. The molecule has 0 radical (unpaired) electrons. The molecule has 2 fully saturated rings. The van der Waals surface area contributed by atoms with Crippen molar-refractivity contribution in [3.63, 3.8) is 0 Å². The van der Waals surface area contributed by atoms with E-state index in [4.69, 9.17) is 0 Å². The molecule has 0 aromatic heterocycles. The lowest BCUT2D eigenvalue weighted by atomic mass is 9.83. The SMILES string of the molecule is CN1CC[C@@H](O)[C@H](C(=O)N2CCC(O)(c3cccc(C(F)(F)F)c3)CC2)C1. The topological polar surface area (TPSA) is 64.0 Å². The van der Waals surface area contributed by atoms with Gasteiger partial charge in [0.2, 0.25) is 5.91 Å². The number of nitrogens with zero attached hydrogens (tertiary/aromatic N) is 2. The van der Waals surface area contributed by atoms with E-state index in [2.05, 4.69) is 0 Å². The Labute approximate surface area is 156 Å². The zero-order chi connectivity index (χ0) is 19.8. The molecular formula is C19H25F3N2O3. The molecule has 2 aliphatic heterocycles. The second kappa shape index (κ2) is 7.41. The molecule has 2 aliphatic rings. The number of benzene rings is 1. The molecule has 27 heavy (non-hydrogen) atoms. The number of halogens is 3. The molecule has 3 rings (SSSR count). The van der Waals surface area contributed by atoms with E-state index >= 15 is 0 Å². The molecule has 0 bridgehead atoms. The third-order valence-corrected chi connectivity index (χ3v) is 5.73. The first kappa shape index (κ1) is 20.1. The highest BCUT2D eigenvalue weighted by molar-refractivity contribution is 5.80. The van der Waals surface area contributed by atoms with E-state index in [0.29, 0.717) is 13.0 Å². The van der Waals surface area contributed by atoms with Crippen molar-refractivity contribution < 1.29 is 28.2 Å². The summed E-state index contributed by atoms with van der Waals surface area (Å²) in [5.41, 5.74) is -1.96. The summed E-state index contributed by atoms with van der Waals surface area (Å²) < 4.78 is 38.8. The van der Waals surface area contributed by atoms with Gasteiger partial charge in [-0.15, -0.1) is 0 Å². The fourth-order valence-corrected chi connectivity index (χ4v) is 3.95. The van der Waals surface area contributed by atoms with Gasteiger partial charge in [-0.1, -0.05) is 12.1 Å². The van der Waals surface area contributed by atoms with Crippen LogP contribution in [0.2, 0.25) is 0 Å². The first-order valence-corrected chi connectivity index (χ1v) is 9.16. The summed E-state index contributed by atoms with van der Waals surface area (Å²) in [6.07, 6.45) is -4.28. The predicted molar refractivity (Wildman–Crippen MR) is 92.8 cm³/mol. The number of aliphatic hydroxyl groups is 2. The van der Waals surface area contributed by atoms with Gasteiger partial charge in [0.05, 0.1) is 23.2 Å². The second-order valence-electron chi connectivity index (χ2n) is 7.66. The Bertz CT molecular complexity index is 687. The molecular weight excluding hydrogens is 361 g/mol. The number of hydrogen-bond donors (Lipinski definition) is 2. The molecule has 1 amide bonds. The molecule has 1 aromatic rings. The number of hydrogen-bond acceptors (Lipinski definition) is 4. The van der Waals surface area contributed by atoms with Crippen molar-refractivity contribution >= 4 is 5.91 Å². The molecule has 5 nitrogen and oxygen atoms in total. The molecule has 2 N–H and O–H groups in total. The van der Waals surface area contributed by atoms with Crippen LogP contribution in [0, 0.1) is 5.92 Å². The highest BCUT2D eigenvalue weighted by atomic mass is 19.4. The highest BCUT2D eigenvalue weighted by Gasteiger charge is 2.41. The maximum Gasteiger partial charge on any atom is 0.416 e. The van der Waals surface area contributed by atoms with E-state index in [1.54, 1.807) is 4.90 Å². The third kappa shape index (κ3) is 4.28. The molecule has 2 heterocycles. The van der Waals surface area contributed by atoms with Crippen LogP contribution in [-0.4, -0.2) is 65.3 Å². The van der Waals surface area contributed by atoms with Crippen molar-refractivity contribution in [3.8, 4) is 0 Å². The van der Waals surface area contributed by atoms with E-state index < -0.39 is 29.4 Å². The predicted octanol–water partition coefficient (Wildman–Crippen LogP) is 1.83. The lowest BCUT2D eigenvalue weighted by molar-refractivity contribution is -0.146. The minimum Gasteiger partial charge on any atom is -0.392 e. The summed E-state index contributed by atoms with van der Waals surface area (Å²) in [5, 5.41) is 21.0. The molecule has 0 unspecified atom stereocenters. The Kier molecular flexibility index (Phi) is 5.52. The van der Waals surface area contributed by atoms with Crippen molar-refractivity contribution in [2.45, 2.75) is 37.1 Å². The van der Waals surface area contributed by atoms with Gasteiger partial charge in [-0.3, -0.25) is 4.79 Å². The van der Waals surface area contributed by atoms with Crippen LogP contribution in [0.5, 0.6) is 0 Å². The van der Waals surface area contributed by atoms with Gasteiger partial charge in [0, 0.05) is 26.2 Å². The second-order valence-corrected chi connectivity index (χ2v) is 7.66. The summed E-state index contributed by atoms with van der Waals surface area (Å²) in [7, 11) is 1.90. The van der Waals surface area contributed by atoms with Gasteiger partial charge >= 0.3 is 6.18 Å². The van der Waals surface area contributed by atoms with E-state index in [1.165, 1.54) is 12.1 Å². The van der Waals surface area contributed by atoms with Crippen LogP contribution >= 0.6 is 0 Å². The van der Waals surface area contributed by atoms with E-state index in [0.717, 1.165) is 18.7 Å². The average molecular weight is 386 g/mol. The molecule has 2 atom stereocenters. The van der Waals surface area contributed by atoms with Crippen molar-refractivity contribution in [2.24, 2.45) is 5.92 Å². The largest absolute Gasteiger partial charge is 0.416 e. The maximum absolute atomic E-state index is 12.9. The van der Waals surface area contributed by atoms with Crippen molar-refractivity contribution in [1.82, 2.24) is 9.80 Å². The molecule has 8 heteroatoms. The Balaban J connectivity index is 1.68. The van der Waals surface area contributed by atoms with Crippen LogP contribution in [0.25, 0.3) is 0 Å². The summed E-state index contributed by atoms with van der Waals surface area (Å²) in [4.78, 5) is 16.4. The van der Waals surface area contributed by atoms with E-state index in [9.17, 15) is 28.2 Å². The van der Waals surface area contributed by atoms with Gasteiger partial charge in [0.15, 0.2) is 0 Å². The Morgan fingerprint density at radius 1 is 1.22 bits per heavy atom.